The average molecular weight is 355 g/mol. The van der Waals surface area contributed by atoms with Gasteiger partial charge in [-0.15, -0.1) is 0 Å². The lowest BCUT2D eigenvalue weighted by atomic mass is 10.2. The Morgan fingerprint density at radius 3 is 2.50 bits per heavy atom. The van der Waals surface area contributed by atoms with Crippen molar-refractivity contribution in [1.82, 2.24) is 9.71 Å². The van der Waals surface area contributed by atoms with E-state index in [4.69, 9.17) is 0 Å². The number of benzene rings is 1. The number of rotatable bonds is 5. The molecular formula is C14H15BrN2O2S. The summed E-state index contributed by atoms with van der Waals surface area (Å²) in [5.74, 6) is 0. The Bertz CT molecular complexity index is 685. The first kappa shape index (κ1) is 15.2. The molecule has 4 nitrogen and oxygen atoms in total. The lowest BCUT2D eigenvalue weighted by Gasteiger charge is -2.08. The Balaban J connectivity index is 2.13. The van der Waals surface area contributed by atoms with Gasteiger partial charge < -0.3 is 0 Å². The van der Waals surface area contributed by atoms with E-state index in [-0.39, 0.29) is 11.4 Å². The summed E-state index contributed by atoms with van der Waals surface area (Å²) in [6, 6.07) is 10.5. The Kier molecular flexibility index (Phi) is 4.91. The van der Waals surface area contributed by atoms with Crippen LogP contribution in [-0.4, -0.2) is 13.4 Å². The van der Waals surface area contributed by atoms with Gasteiger partial charge in [0.1, 0.15) is 0 Å². The molecule has 1 N–H and O–H groups in total. The maximum absolute atomic E-state index is 12.2. The van der Waals surface area contributed by atoms with E-state index in [1.54, 1.807) is 30.5 Å². The molecule has 0 aliphatic rings. The van der Waals surface area contributed by atoms with Crippen LogP contribution in [0.1, 0.15) is 16.8 Å². The zero-order chi connectivity index (χ0) is 14.6. The van der Waals surface area contributed by atoms with Crippen molar-refractivity contribution in [3.05, 3.63) is 59.4 Å². The second-order valence-corrected chi connectivity index (χ2v) is 6.70. The number of nitrogens with zero attached hydrogens (tertiary/aromatic N) is 1. The number of sulfonamides is 1. The maximum Gasteiger partial charge on any atom is 0.240 e. The van der Waals surface area contributed by atoms with Gasteiger partial charge in [0.05, 0.1) is 17.1 Å². The summed E-state index contributed by atoms with van der Waals surface area (Å²) >= 11 is 3.33. The van der Waals surface area contributed by atoms with Crippen molar-refractivity contribution in [2.75, 3.05) is 0 Å². The normalized spacial score (nSPS) is 11.5. The lowest BCUT2D eigenvalue weighted by Crippen LogP contribution is -2.24. The molecule has 20 heavy (non-hydrogen) atoms. The molecule has 0 spiro atoms. The third-order valence-corrected chi connectivity index (χ3v) is 5.00. The fourth-order valence-corrected chi connectivity index (χ4v) is 3.07. The van der Waals surface area contributed by atoms with Crippen molar-refractivity contribution in [2.45, 2.75) is 23.7 Å². The summed E-state index contributed by atoms with van der Waals surface area (Å²) in [6.45, 7) is 2.09. The number of nitrogens with one attached hydrogen (secondary N) is 1. The highest BCUT2D eigenvalue weighted by Crippen LogP contribution is 2.13. The number of hydrogen-bond donors (Lipinski definition) is 1. The fraction of sp³-hybridized carbons (Fsp3) is 0.214. The summed E-state index contributed by atoms with van der Waals surface area (Å²) in [5.41, 5.74) is 2.72. The molecule has 0 atom stereocenters. The predicted octanol–water partition coefficient (Wildman–Crippen LogP) is 2.76. The van der Waals surface area contributed by atoms with Gasteiger partial charge in [-0.05, 0) is 36.2 Å². The summed E-state index contributed by atoms with van der Waals surface area (Å²) in [7, 11) is -3.51. The number of alkyl halides is 1. The molecule has 2 rings (SSSR count). The monoisotopic (exact) mass is 354 g/mol. The van der Waals surface area contributed by atoms with Gasteiger partial charge in [0.2, 0.25) is 10.0 Å². The van der Waals surface area contributed by atoms with E-state index >= 15 is 0 Å². The first-order valence-electron chi connectivity index (χ1n) is 6.08. The molecule has 0 saturated carbocycles. The van der Waals surface area contributed by atoms with Crippen LogP contribution >= 0.6 is 15.9 Å². The van der Waals surface area contributed by atoms with Gasteiger partial charge in [-0.3, -0.25) is 4.98 Å². The van der Waals surface area contributed by atoms with Crippen LogP contribution in [0.4, 0.5) is 0 Å². The van der Waals surface area contributed by atoms with Crippen LogP contribution in [0.25, 0.3) is 0 Å². The number of aryl methyl sites for hydroxylation is 1. The third-order valence-electron chi connectivity index (χ3n) is 2.94. The van der Waals surface area contributed by atoms with Crippen LogP contribution in [0.15, 0.2) is 47.5 Å². The van der Waals surface area contributed by atoms with Crippen molar-refractivity contribution < 1.29 is 8.42 Å². The fourth-order valence-electron chi connectivity index (χ4n) is 1.71. The minimum atomic E-state index is -3.51. The van der Waals surface area contributed by atoms with E-state index in [1.807, 2.05) is 19.1 Å². The van der Waals surface area contributed by atoms with E-state index in [0.717, 1.165) is 16.8 Å². The molecule has 6 heteroatoms. The van der Waals surface area contributed by atoms with Crippen LogP contribution in [0.3, 0.4) is 0 Å². The number of pyridine rings is 1. The molecule has 0 radical (unpaired) electrons. The maximum atomic E-state index is 12.2. The number of halogens is 1. The highest BCUT2D eigenvalue weighted by atomic mass is 79.9. The standard InChI is InChI=1S/C14H15BrN2O2S/c1-11-3-2-8-16-14(11)10-17-20(18,19)13-6-4-12(9-15)5-7-13/h2-8,17H,9-10H2,1H3. The van der Waals surface area contributed by atoms with E-state index < -0.39 is 10.0 Å². The van der Waals surface area contributed by atoms with Gasteiger partial charge in [0.25, 0.3) is 0 Å². The van der Waals surface area contributed by atoms with E-state index in [9.17, 15) is 8.42 Å². The Labute approximate surface area is 127 Å². The Morgan fingerprint density at radius 1 is 1.20 bits per heavy atom. The van der Waals surface area contributed by atoms with Crippen molar-refractivity contribution in [2.24, 2.45) is 0 Å². The molecule has 0 aliphatic carbocycles. The zero-order valence-corrected chi connectivity index (χ0v) is 13.4. The number of aromatic nitrogens is 1. The highest BCUT2D eigenvalue weighted by molar-refractivity contribution is 9.08. The average Bonchev–Trinajstić information content (AvgIpc) is 2.46. The first-order chi connectivity index (χ1) is 9.53. The summed E-state index contributed by atoms with van der Waals surface area (Å²) in [6.07, 6.45) is 1.65. The molecule has 1 aromatic heterocycles. The quantitative estimate of drug-likeness (QED) is 0.839. The van der Waals surface area contributed by atoms with Crippen LogP contribution in [0.5, 0.6) is 0 Å². The van der Waals surface area contributed by atoms with Crippen LogP contribution in [0.2, 0.25) is 0 Å². The van der Waals surface area contributed by atoms with Crippen molar-refractivity contribution in [1.29, 1.82) is 0 Å². The van der Waals surface area contributed by atoms with E-state index in [0.29, 0.717) is 5.33 Å². The summed E-state index contributed by atoms with van der Waals surface area (Å²) < 4.78 is 26.9. The Morgan fingerprint density at radius 2 is 1.90 bits per heavy atom. The van der Waals surface area contributed by atoms with Crippen LogP contribution < -0.4 is 4.72 Å². The van der Waals surface area contributed by atoms with Crippen molar-refractivity contribution in [3.63, 3.8) is 0 Å². The SMILES string of the molecule is Cc1cccnc1CNS(=O)(=O)c1ccc(CBr)cc1. The number of hydrogen-bond acceptors (Lipinski definition) is 3. The van der Waals surface area contributed by atoms with Gasteiger partial charge in [-0.2, -0.15) is 0 Å². The van der Waals surface area contributed by atoms with E-state index in [2.05, 4.69) is 25.6 Å². The molecule has 0 unspecified atom stereocenters. The van der Waals surface area contributed by atoms with Crippen LogP contribution in [0, 0.1) is 6.92 Å². The second-order valence-electron chi connectivity index (χ2n) is 4.37. The predicted molar refractivity (Wildman–Crippen MR) is 82.1 cm³/mol. The van der Waals surface area contributed by atoms with Crippen molar-refractivity contribution >= 4 is 26.0 Å². The van der Waals surface area contributed by atoms with Gasteiger partial charge in [0.15, 0.2) is 0 Å². The molecule has 0 fully saturated rings. The molecular weight excluding hydrogens is 340 g/mol. The molecule has 2 aromatic rings. The molecule has 0 saturated heterocycles. The first-order valence-corrected chi connectivity index (χ1v) is 8.68. The molecule has 106 valence electrons. The smallest absolute Gasteiger partial charge is 0.240 e. The molecule has 0 bridgehead atoms. The molecule has 0 aliphatic heterocycles. The van der Waals surface area contributed by atoms with Crippen LogP contribution in [-0.2, 0) is 21.9 Å². The zero-order valence-electron chi connectivity index (χ0n) is 11.0. The van der Waals surface area contributed by atoms with Gasteiger partial charge >= 0.3 is 0 Å². The van der Waals surface area contributed by atoms with E-state index in [1.165, 1.54) is 0 Å². The second kappa shape index (κ2) is 6.47. The molecule has 0 amide bonds. The van der Waals surface area contributed by atoms with Gasteiger partial charge in [0, 0.05) is 11.5 Å². The minimum absolute atomic E-state index is 0.190. The lowest BCUT2D eigenvalue weighted by molar-refractivity contribution is 0.580. The largest absolute Gasteiger partial charge is 0.260 e. The minimum Gasteiger partial charge on any atom is -0.260 e. The molecule has 1 aromatic carbocycles. The topological polar surface area (TPSA) is 59.1 Å². The summed E-state index contributed by atoms with van der Waals surface area (Å²) in [4.78, 5) is 4.43. The highest BCUT2D eigenvalue weighted by Gasteiger charge is 2.14. The third kappa shape index (κ3) is 3.65. The van der Waals surface area contributed by atoms with Gasteiger partial charge in [-0.25, -0.2) is 13.1 Å². The Hall–Kier alpha value is -1.24. The molecule has 1 heterocycles. The van der Waals surface area contributed by atoms with Gasteiger partial charge in [-0.1, -0.05) is 34.1 Å². The van der Waals surface area contributed by atoms with Crippen molar-refractivity contribution in [3.8, 4) is 0 Å². The summed E-state index contributed by atoms with van der Waals surface area (Å²) in [5, 5.41) is 0.702.